The van der Waals surface area contributed by atoms with E-state index >= 15 is 0 Å². The molecule has 0 bridgehead atoms. The molecule has 16 heavy (non-hydrogen) atoms. The molecule has 4 nitrogen and oxygen atoms in total. The van der Waals surface area contributed by atoms with E-state index in [2.05, 4.69) is 10.2 Å². The minimum Gasteiger partial charge on any atom is -0.615 e. The Kier molecular flexibility index (Phi) is 8.23. The van der Waals surface area contributed by atoms with Crippen molar-refractivity contribution in [2.75, 3.05) is 51.0 Å². The Morgan fingerprint density at radius 2 is 2.06 bits per heavy atom. The smallest absolute Gasteiger partial charge is 0.205 e. The van der Waals surface area contributed by atoms with E-state index in [0.29, 0.717) is 11.7 Å². The Hall–Kier alpha value is 0.190. The third kappa shape index (κ3) is 6.70. The van der Waals surface area contributed by atoms with Crippen LogP contribution in [-0.2, 0) is 15.9 Å². The number of hydrogen-bond donors (Lipinski definition) is 1. The van der Waals surface area contributed by atoms with E-state index in [1.807, 2.05) is 6.92 Å². The standard InChI is InChI=1S/C11H24N2O2S/c1-2-16(14)11-15-10-4-3-7-13-8-5-12-6-9-13/h12H,2-11H2,1H3. The van der Waals surface area contributed by atoms with Gasteiger partial charge in [-0.15, -0.1) is 0 Å². The highest BCUT2D eigenvalue weighted by Crippen LogP contribution is 1.99. The number of piperazine rings is 1. The molecule has 0 radical (unpaired) electrons. The van der Waals surface area contributed by atoms with Crippen LogP contribution in [0.25, 0.3) is 0 Å². The van der Waals surface area contributed by atoms with Crippen LogP contribution in [0.2, 0.25) is 0 Å². The first-order chi connectivity index (χ1) is 7.83. The summed E-state index contributed by atoms with van der Waals surface area (Å²) in [6.45, 7) is 8.41. The molecule has 1 unspecified atom stereocenters. The van der Waals surface area contributed by atoms with Crippen molar-refractivity contribution in [3.8, 4) is 0 Å². The molecule has 0 aromatic rings. The molecule has 1 aliphatic heterocycles. The molecule has 1 aliphatic rings. The summed E-state index contributed by atoms with van der Waals surface area (Å²) in [4.78, 5) is 2.49. The van der Waals surface area contributed by atoms with Crippen molar-refractivity contribution in [1.82, 2.24) is 10.2 Å². The number of hydrogen-bond acceptors (Lipinski definition) is 4. The molecule has 1 fully saturated rings. The van der Waals surface area contributed by atoms with E-state index in [1.54, 1.807) is 0 Å². The van der Waals surface area contributed by atoms with Gasteiger partial charge in [-0.1, -0.05) is 0 Å². The monoisotopic (exact) mass is 248 g/mol. The zero-order valence-corrected chi connectivity index (χ0v) is 11.1. The fourth-order valence-corrected chi connectivity index (χ4v) is 2.18. The first-order valence-electron chi connectivity index (χ1n) is 6.18. The molecule has 1 saturated heterocycles. The van der Waals surface area contributed by atoms with Gasteiger partial charge in [-0.25, -0.2) is 0 Å². The van der Waals surface area contributed by atoms with Crippen molar-refractivity contribution >= 4 is 11.2 Å². The van der Waals surface area contributed by atoms with Crippen LogP contribution in [-0.4, -0.2) is 60.5 Å². The predicted octanol–water partition coefficient (Wildman–Crippen LogP) is 0.415. The zero-order chi connectivity index (χ0) is 11.6. The number of unbranched alkanes of at least 4 members (excludes halogenated alkanes) is 1. The van der Waals surface area contributed by atoms with Gasteiger partial charge in [0, 0.05) is 26.2 Å². The van der Waals surface area contributed by atoms with E-state index in [4.69, 9.17) is 4.74 Å². The van der Waals surface area contributed by atoms with E-state index in [-0.39, 0.29) is 0 Å². The summed E-state index contributed by atoms with van der Waals surface area (Å²) >= 11 is -0.778. The molecular formula is C11H24N2O2S. The summed E-state index contributed by atoms with van der Waals surface area (Å²) in [7, 11) is 0. The van der Waals surface area contributed by atoms with Crippen LogP contribution >= 0.6 is 0 Å². The summed E-state index contributed by atoms with van der Waals surface area (Å²) in [5.74, 6) is 1.10. The molecule has 5 heteroatoms. The second-order valence-electron chi connectivity index (χ2n) is 4.05. The maximum absolute atomic E-state index is 11.1. The maximum atomic E-state index is 11.1. The van der Waals surface area contributed by atoms with Gasteiger partial charge in [-0.05, 0) is 37.5 Å². The summed E-state index contributed by atoms with van der Waals surface area (Å²) < 4.78 is 16.4. The van der Waals surface area contributed by atoms with Gasteiger partial charge in [-0.3, -0.25) is 0 Å². The largest absolute Gasteiger partial charge is 0.615 e. The molecule has 0 aliphatic carbocycles. The number of nitrogens with zero attached hydrogens (tertiary/aromatic N) is 1. The third-order valence-electron chi connectivity index (χ3n) is 2.76. The maximum Gasteiger partial charge on any atom is 0.205 e. The fourth-order valence-electron chi connectivity index (χ4n) is 1.71. The van der Waals surface area contributed by atoms with Gasteiger partial charge in [0.25, 0.3) is 0 Å². The van der Waals surface area contributed by atoms with Gasteiger partial charge in [0.1, 0.15) is 5.75 Å². The summed E-state index contributed by atoms with van der Waals surface area (Å²) in [5, 5.41) is 3.34. The minimum absolute atomic E-state index is 0.407. The molecule has 96 valence electrons. The summed E-state index contributed by atoms with van der Waals surface area (Å²) in [6, 6.07) is 0. The van der Waals surface area contributed by atoms with Crippen molar-refractivity contribution in [1.29, 1.82) is 0 Å². The van der Waals surface area contributed by atoms with Crippen molar-refractivity contribution in [2.45, 2.75) is 19.8 Å². The Morgan fingerprint density at radius 1 is 1.31 bits per heavy atom. The van der Waals surface area contributed by atoms with Crippen LogP contribution in [0.15, 0.2) is 0 Å². The lowest BCUT2D eigenvalue weighted by Crippen LogP contribution is -2.43. The van der Waals surface area contributed by atoms with Gasteiger partial charge in [0.2, 0.25) is 5.94 Å². The Balaban J connectivity index is 1.84. The Morgan fingerprint density at radius 3 is 2.75 bits per heavy atom. The van der Waals surface area contributed by atoms with Crippen LogP contribution in [0, 0.1) is 0 Å². The van der Waals surface area contributed by atoms with E-state index in [9.17, 15) is 4.55 Å². The van der Waals surface area contributed by atoms with Gasteiger partial charge in [0.05, 0.1) is 6.61 Å². The first-order valence-corrected chi connectivity index (χ1v) is 7.67. The lowest BCUT2D eigenvalue weighted by Gasteiger charge is -2.26. The van der Waals surface area contributed by atoms with E-state index in [0.717, 1.165) is 26.1 Å². The molecule has 1 rings (SSSR count). The second kappa shape index (κ2) is 9.24. The van der Waals surface area contributed by atoms with Gasteiger partial charge >= 0.3 is 0 Å². The van der Waals surface area contributed by atoms with Crippen molar-refractivity contribution in [2.24, 2.45) is 0 Å². The molecule has 0 amide bonds. The molecule has 0 aromatic heterocycles. The first kappa shape index (κ1) is 14.3. The van der Waals surface area contributed by atoms with Gasteiger partial charge in [-0.2, -0.15) is 0 Å². The topological polar surface area (TPSA) is 47.6 Å². The van der Waals surface area contributed by atoms with E-state index < -0.39 is 11.2 Å². The Labute approximate surface area is 102 Å². The van der Waals surface area contributed by atoms with Crippen molar-refractivity contribution in [3.05, 3.63) is 0 Å². The van der Waals surface area contributed by atoms with Crippen LogP contribution in [0.3, 0.4) is 0 Å². The molecule has 1 atom stereocenters. The van der Waals surface area contributed by atoms with Crippen LogP contribution in [0.4, 0.5) is 0 Å². The number of ether oxygens (including phenoxy) is 1. The fraction of sp³-hybridized carbons (Fsp3) is 1.00. The average Bonchev–Trinajstić information content (AvgIpc) is 2.34. The van der Waals surface area contributed by atoms with Crippen molar-refractivity contribution < 1.29 is 9.29 Å². The number of nitrogens with one attached hydrogen (secondary N) is 1. The highest BCUT2D eigenvalue weighted by atomic mass is 32.2. The summed E-state index contributed by atoms with van der Waals surface area (Å²) in [6.07, 6.45) is 2.25. The molecule has 0 saturated carbocycles. The average molecular weight is 248 g/mol. The normalized spacial score (nSPS) is 19.9. The molecule has 0 spiro atoms. The highest BCUT2D eigenvalue weighted by Gasteiger charge is 2.08. The second-order valence-corrected chi connectivity index (χ2v) is 5.75. The zero-order valence-electron chi connectivity index (χ0n) is 10.2. The lowest BCUT2D eigenvalue weighted by molar-refractivity contribution is 0.163. The predicted molar refractivity (Wildman–Crippen MR) is 68.0 cm³/mol. The Bertz CT molecular complexity index is 166. The quantitative estimate of drug-likeness (QED) is 0.499. The molecular weight excluding hydrogens is 224 g/mol. The lowest BCUT2D eigenvalue weighted by atomic mass is 10.3. The molecule has 1 N–H and O–H groups in total. The molecule has 0 aromatic carbocycles. The highest BCUT2D eigenvalue weighted by molar-refractivity contribution is 7.91. The van der Waals surface area contributed by atoms with E-state index in [1.165, 1.54) is 26.1 Å². The third-order valence-corrected chi connectivity index (χ3v) is 3.83. The van der Waals surface area contributed by atoms with Gasteiger partial charge in [0.15, 0.2) is 0 Å². The van der Waals surface area contributed by atoms with Crippen LogP contribution in [0.5, 0.6) is 0 Å². The molecule has 1 heterocycles. The van der Waals surface area contributed by atoms with Crippen LogP contribution in [0.1, 0.15) is 19.8 Å². The SMILES string of the molecule is CC[S+]([O-])COCCCCN1CCNCC1. The minimum atomic E-state index is -0.778. The summed E-state index contributed by atoms with van der Waals surface area (Å²) in [5.41, 5.74) is 0. The van der Waals surface area contributed by atoms with Gasteiger partial charge < -0.3 is 19.5 Å². The van der Waals surface area contributed by atoms with Crippen LogP contribution < -0.4 is 5.32 Å². The van der Waals surface area contributed by atoms with Crippen molar-refractivity contribution in [3.63, 3.8) is 0 Å². The number of rotatable bonds is 8.